The summed E-state index contributed by atoms with van der Waals surface area (Å²) < 4.78 is 39.1. The molecule has 0 saturated heterocycles. The van der Waals surface area contributed by atoms with E-state index in [4.69, 9.17) is 5.73 Å². The molecule has 0 spiro atoms. The van der Waals surface area contributed by atoms with Gasteiger partial charge in [0.2, 0.25) is 5.91 Å². The maximum Gasteiger partial charge on any atom is 0.416 e. The predicted octanol–water partition coefficient (Wildman–Crippen LogP) is 6.97. The van der Waals surface area contributed by atoms with Crippen molar-refractivity contribution in [1.82, 2.24) is 0 Å². The number of hydrogen-bond acceptors (Lipinski definition) is 3. The number of nitrogens with zero attached hydrogens (tertiary/aromatic N) is 2. The van der Waals surface area contributed by atoms with Crippen molar-refractivity contribution in [3.05, 3.63) is 89.1 Å². The minimum atomic E-state index is -4.39. The molecule has 2 aliphatic rings. The van der Waals surface area contributed by atoms with Crippen molar-refractivity contribution in [2.75, 3.05) is 11.4 Å². The number of benzene rings is 2. The van der Waals surface area contributed by atoms with Crippen LogP contribution in [-0.2, 0) is 17.4 Å². The largest absolute Gasteiger partial charge is 0.416 e. The van der Waals surface area contributed by atoms with Crippen LogP contribution in [0.2, 0.25) is 0 Å². The molecular weight excluding hydrogens is 475 g/mol. The van der Waals surface area contributed by atoms with Crippen molar-refractivity contribution in [2.45, 2.75) is 58.2 Å². The molecule has 196 valence electrons. The van der Waals surface area contributed by atoms with E-state index in [2.05, 4.69) is 17.6 Å². The number of halogens is 3. The number of hydrogen-bond donors (Lipinski definition) is 1. The number of carbonyl (C=O) groups excluding carboxylic acids is 1. The zero-order valence-electron chi connectivity index (χ0n) is 21.6. The molecule has 2 aromatic carbocycles. The lowest BCUT2D eigenvalue weighted by molar-refractivity contribution is -0.137. The molecule has 2 aromatic rings. The summed E-state index contributed by atoms with van der Waals surface area (Å²) in [7, 11) is 0. The Hall–Kier alpha value is -3.19. The Labute approximate surface area is 216 Å². The second-order valence-electron chi connectivity index (χ2n) is 10.2. The highest BCUT2D eigenvalue weighted by atomic mass is 19.4. The first-order chi connectivity index (χ1) is 17.5. The van der Waals surface area contributed by atoms with Crippen LogP contribution < -0.4 is 10.6 Å². The number of rotatable bonds is 7. The lowest BCUT2D eigenvalue weighted by Crippen LogP contribution is -2.37. The molecule has 37 heavy (non-hydrogen) atoms. The summed E-state index contributed by atoms with van der Waals surface area (Å²) in [5.74, 6) is -0.533. The zero-order chi connectivity index (χ0) is 26.9. The van der Waals surface area contributed by atoms with Crippen LogP contribution in [0.1, 0.15) is 67.8 Å². The summed E-state index contributed by atoms with van der Waals surface area (Å²) in [6, 6.07) is 11.1. The van der Waals surface area contributed by atoms with E-state index in [0.717, 1.165) is 48.2 Å². The van der Waals surface area contributed by atoms with Crippen LogP contribution >= 0.6 is 0 Å². The van der Waals surface area contributed by atoms with Crippen LogP contribution in [0.25, 0.3) is 0 Å². The van der Waals surface area contributed by atoms with Gasteiger partial charge >= 0.3 is 6.18 Å². The van der Waals surface area contributed by atoms with E-state index >= 15 is 0 Å². The summed E-state index contributed by atoms with van der Waals surface area (Å²) in [5.41, 5.74) is 10.8. The molecule has 0 aliphatic heterocycles. The highest BCUT2D eigenvalue weighted by molar-refractivity contribution is 6.07. The summed E-state index contributed by atoms with van der Waals surface area (Å²) in [6.45, 7) is 9.81. The molecule has 4 atom stereocenters. The van der Waals surface area contributed by atoms with Crippen LogP contribution in [0.15, 0.2) is 71.9 Å². The minimum Gasteiger partial charge on any atom is -0.324 e. The molecule has 0 heterocycles. The summed E-state index contributed by atoms with van der Waals surface area (Å²) in [6.07, 6.45) is 2.26. The van der Waals surface area contributed by atoms with Gasteiger partial charge in [-0.1, -0.05) is 37.8 Å². The van der Waals surface area contributed by atoms with Crippen molar-refractivity contribution < 1.29 is 18.0 Å². The normalized spacial score (nSPS) is 23.6. The Morgan fingerprint density at radius 2 is 1.92 bits per heavy atom. The van der Waals surface area contributed by atoms with Crippen molar-refractivity contribution in [2.24, 2.45) is 22.6 Å². The number of fused-ring (bicyclic) bond motifs is 1. The van der Waals surface area contributed by atoms with E-state index in [1.807, 2.05) is 38.1 Å². The zero-order valence-corrected chi connectivity index (χ0v) is 21.6. The first-order valence-corrected chi connectivity index (χ1v) is 12.7. The summed E-state index contributed by atoms with van der Waals surface area (Å²) >= 11 is 0. The molecule has 0 bridgehead atoms. The Kier molecular flexibility index (Phi) is 7.74. The van der Waals surface area contributed by atoms with Crippen molar-refractivity contribution >= 4 is 17.3 Å². The topological polar surface area (TPSA) is 58.7 Å². The van der Waals surface area contributed by atoms with Crippen LogP contribution in [0.5, 0.6) is 0 Å². The third kappa shape index (κ3) is 5.87. The Balaban J connectivity index is 1.67. The van der Waals surface area contributed by atoms with Gasteiger partial charge in [0.15, 0.2) is 0 Å². The fourth-order valence-corrected chi connectivity index (χ4v) is 5.44. The van der Waals surface area contributed by atoms with E-state index in [9.17, 15) is 18.0 Å². The molecule has 1 amide bonds. The average molecular weight is 510 g/mol. The molecule has 2 N–H and O–H groups in total. The number of alkyl halides is 3. The van der Waals surface area contributed by atoms with Crippen LogP contribution in [0, 0.1) is 11.8 Å². The number of anilines is 1. The van der Waals surface area contributed by atoms with Crippen molar-refractivity contribution in [3.63, 3.8) is 0 Å². The quantitative estimate of drug-likeness (QED) is 0.410. The van der Waals surface area contributed by atoms with E-state index in [1.165, 1.54) is 17.7 Å². The second kappa shape index (κ2) is 10.7. The van der Waals surface area contributed by atoms with Crippen molar-refractivity contribution in [1.29, 1.82) is 0 Å². The van der Waals surface area contributed by atoms with Gasteiger partial charge < -0.3 is 10.6 Å². The SMILES string of the molecule is C=C(C)N=C(/C=C\C)CN(C(=O)C1C(c2ccc(C(F)(F)F)cc2)[C@H]1C)c1ccc2c(c1)C(N)CCC2. The second-order valence-corrected chi connectivity index (χ2v) is 10.2. The summed E-state index contributed by atoms with van der Waals surface area (Å²) in [5, 5.41) is 0. The molecule has 7 heteroatoms. The van der Waals surface area contributed by atoms with Gasteiger partial charge in [0.25, 0.3) is 0 Å². The van der Waals surface area contributed by atoms with Gasteiger partial charge in [-0.15, -0.1) is 0 Å². The monoisotopic (exact) mass is 509 g/mol. The molecular formula is C30H34F3N3O. The van der Waals surface area contributed by atoms with Gasteiger partial charge in [-0.05, 0) is 92.0 Å². The van der Waals surface area contributed by atoms with Gasteiger partial charge in [-0.3, -0.25) is 9.79 Å². The number of carbonyl (C=O) groups is 1. The third-order valence-corrected chi connectivity index (χ3v) is 7.37. The fraction of sp³-hybridized carbons (Fsp3) is 0.400. The minimum absolute atomic E-state index is 0.00914. The van der Waals surface area contributed by atoms with Gasteiger partial charge in [0.05, 0.1) is 17.8 Å². The molecule has 3 unspecified atom stereocenters. The number of nitrogens with two attached hydrogens (primary N) is 1. The highest BCUT2D eigenvalue weighted by Gasteiger charge is 2.54. The van der Waals surface area contributed by atoms with Crippen LogP contribution in [0.4, 0.5) is 18.9 Å². The van der Waals surface area contributed by atoms with Gasteiger partial charge in [-0.2, -0.15) is 13.2 Å². The lowest BCUT2D eigenvalue weighted by atomic mass is 9.87. The molecule has 1 saturated carbocycles. The Morgan fingerprint density at radius 1 is 1.22 bits per heavy atom. The molecule has 0 aromatic heterocycles. The highest BCUT2D eigenvalue weighted by Crippen LogP contribution is 2.55. The first-order valence-electron chi connectivity index (χ1n) is 12.7. The van der Waals surface area contributed by atoms with Gasteiger partial charge in [0.1, 0.15) is 0 Å². The summed E-state index contributed by atoms with van der Waals surface area (Å²) in [4.78, 5) is 20.3. The molecule has 0 radical (unpaired) electrons. The van der Waals surface area contributed by atoms with Crippen LogP contribution in [0.3, 0.4) is 0 Å². The Morgan fingerprint density at radius 3 is 2.54 bits per heavy atom. The van der Waals surface area contributed by atoms with E-state index < -0.39 is 11.7 Å². The smallest absolute Gasteiger partial charge is 0.324 e. The number of allylic oxidation sites excluding steroid dienone is 2. The first kappa shape index (κ1) is 26.9. The molecule has 4 rings (SSSR count). The number of amides is 1. The van der Waals surface area contributed by atoms with E-state index in [-0.39, 0.29) is 36.2 Å². The van der Waals surface area contributed by atoms with E-state index in [0.29, 0.717) is 11.4 Å². The van der Waals surface area contributed by atoms with Crippen molar-refractivity contribution in [3.8, 4) is 0 Å². The number of aliphatic imine (C=N–C) groups is 1. The molecule has 2 aliphatic carbocycles. The maximum atomic E-state index is 14.0. The number of aryl methyl sites for hydroxylation is 1. The predicted molar refractivity (Wildman–Crippen MR) is 143 cm³/mol. The fourth-order valence-electron chi connectivity index (χ4n) is 5.44. The molecule has 1 fully saturated rings. The average Bonchev–Trinajstić information content (AvgIpc) is 3.52. The van der Waals surface area contributed by atoms with Gasteiger partial charge in [0, 0.05) is 23.3 Å². The molecule has 4 nitrogen and oxygen atoms in total. The van der Waals surface area contributed by atoms with E-state index in [1.54, 1.807) is 11.8 Å². The standard InChI is InChI=1S/C30H34F3N3O/c1-5-7-23(35-18(2)3)17-36(24-15-12-20-8-6-9-26(34)25(20)16-24)29(37)28-19(4)27(28)21-10-13-22(14-11-21)30(31,32)33/h5,7,10-16,19,26-28H,2,6,8-9,17,34H2,1,3-4H3/b7-5-,35-23?/t19-,26?,27?,28?/m1/s1. The maximum absolute atomic E-state index is 14.0. The third-order valence-electron chi connectivity index (χ3n) is 7.37. The lowest BCUT2D eigenvalue weighted by Gasteiger charge is -2.28. The van der Waals surface area contributed by atoms with Gasteiger partial charge in [-0.25, -0.2) is 0 Å². The van der Waals surface area contributed by atoms with Crippen LogP contribution in [-0.4, -0.2) is 18.2 Å². The Bertz CT molecular complexity index is 1230.